The summed E-state index contributed by atoms with van der Waals surface area (Å²) in [5, 5.41) is 4.04. The Kier molecular flexibility index (Phi) is 5.15. The molecular weight excluding hydrogens is 286 g/mol. The fraction of sp³-hybridized carbons (Fsp3) is 0.375. The largest absolute Gasteiger partial charge is 0.348 e. The first-order chi connectivity index (χ1) is 9.74. The van der Waals surface area contributed by atoms with E-state index in [0.29, 0.717) is 5.56 Å². The molecule has 21 heavy (non-hydrogen) atoms. The van der Waals surface area contributed by atoms with Gasteiger partial charge in [-0.3, -0.25) is 9.78 Å². The lowest BCUT2D eigenvalue weighted by Crippen LogP contribution is -2.49. The molecule has 2 aromatic rings. The number of fused-ring (bicyclic) bond motifs is 1. The Bertz CT molecular complexity index is 632. The maximum Gasteiger partial charge on any atom is 0.251 e. The van der Waals surface area contributed by atoms with E-state index in [1.54, 1.807) is 6.20 Å². The third-order valence-electron chi connectivity index (χ3n) is 4.00. The van der Waals surface area contributed by atoms with Crippen LogP contribution in [0.25, 0.3) is 10.9 Å². The van der Waals surface area contributed by atoms with Crippen LogP contribution in [0.5, 0.6) is 0 Å². The molecule has 5 heteroatoms. The molecule has 0 spiro atoms. The molecule has 3 rings (SSSR count). The highest BCUT2D eigenvalue weighted by Gasteiger charge is 2.23. The Hall–Kier alpha value is -1.65. The second-order valence-electron chi connectivity index (χ2n) is 5.44. The highest BCUT2D eigenvalue weighted by Crippen LogP contribution is 2.18. The fourth-order valence-corrected chi connectivity index (χ4v) is 2.81. The summed E-state index contributed by atoms with van der Waals surface area (Å²) in [6.07, 6.45) is 6.02. The fourth-order valence-electron chi connectivity index (χ4n) is 2.81. The smallest absolute Gasteiger partial charge is 0.251 e. The van der Waals surface area contributed by atoms with Crippen molar-refractivity contribution in [1.29, 1.82) is 0 Å². The van der Waals surface area contributed by atoms with E-state index in [1.807, 2.05) is 30.3 Å². The predicted molar refractivity (Wildman–Crippen MR) is 86.7 cm³/mol. The van der Waals surface area contributed by atoms with Crippen LogP contribution in [0.1, 0.15) is 36.0 Å². The number of benzene rings is 1. The van der Waals surface area contributed by atoms with Gasteiger partial charge >= 0.3 is 0 Å². The predicted octanol–water partition coefficient (Wildman–Crippen LogP) is 2.66. The van der Waals surface area contributed by atoms with Gasteiger partial charge in [-0.25, -0.2) is 0 Å². The molecule has 1 amide bonds. The molecule has 0 aliphatic heterocycles. The van der Waals surface area contributed by atoms with Crippen molar-refractivity contribution in [2.24, 2.45) is 5.73 Å². The zero-order valence-electron chi connectivity index (χ0n) is 11.8. The van der Waals surface area contributed by atoms with Crippen LogP contribution in [0.3, 0.4) is 0 Å². The Morgan fingerprint density at radius 2 is 2.05 bits per heavy atom. The van der Waals surface area contributed by atoms with E-state index >= 15 is 0 Å². The molecule has 0 radical (unpaired) electrons. The average Bonchev–Trinajstić information content (AvgIpc) is 2.49. The van der Waals surface area contributed by atoms with Crippen LogP contribution in [-0.2, 0) is 0 Å². The minimum atomic E-state index is -0.0434. The molecule has 1 saturated carbocycles. The number of pyridine rings is 1. The van der Waals surface area contributed by atoms with Gasteiger partial charge in [-0.15, -0.1) is 12.4 Å². The highest BCUT2D eigenvalue weighted by atomic mass is 35.5. The first-order valence-electron chi connectivity index (χ1n) is 7.15. The minimum absolute atomic E-state index is 0. The lowest BCUT2D eigenvalue weighted by Gasteiger charge is -2.29. The molecule has 2 atom stereocenters. The summed E-state index contributed by atoms with van der Waals surface area (Å²) >= 11 is 0. The zero-order valence-corrected chi connectivity index (χ0v) is 12.6. The van der Waals surface area contributed by atoms with E-state index in [9.17, 15) is 4.79 Å². The van der Waals surface area contributed by atoms with Gasteiger partial charge in [0.1, 0.15) is 0 Å². The molecule has 1 aromatic carbocycles. The Morgan fingerprint density at radius 1 is 1.24 bits per heavy atom. The Morgan fingerprint density at radius 3 is 2.86 bits per heavy atom. The Balaban J connectivity index is 0.00000161. The van der Waals surface area contributed by atoms with Crippen LogP contribution in [0.15, 0.2) is 36.5 Å². The molecule has 1 heterocycles. The summed E-state index contributed by atoms with van der Waals surface area (Å²) in [5.41, 5.74) is 7.64. The van der Waals surface area contributed by atoms with Crippen molar-refractivity contribution in [2.45, 2.75) is 37.8 Å². The maximum atomic E-state index is 12.3. The number of nitrogens with two attached hydrogens (primary N) is 1. The molecule has 0 bridgehead atoms. The first kappa shape index (κ1) is 15.7. The van der Waals surface area contributed by atoms with Gasteiger partial charge in [0.05, 0.1) is 5.52 Å². The number of amides is 1. The monoisotopic (exact) mass is 305 g/mol. The van der Waals surface area contributed by atoms with Crippen molar-refractivity contribution >= 4 is 29.2 Å². The van der Waals surface area contributed by atoms with Crippen molar-refractivity contribution < 1.29 is 4.79 Å². The molecule has 1 aliphatic carbocycles. The van der Waals surface area contributed by atoms with Gasteiger partial charge < -0.3 is 11.1 Å². The van der Waals surface area contributed by atoms with Crippen molar-refractivity contribution in [3.8, 4) is 0 Å². The number of aromatic nitrogens is 1. The van der Waals surface area contributed by atoms with Crippen LogP contribution in [0, 0.1) is 0 Å². The van der Waals surface area contributed by atoms with Gasteiger partial charge in [0.15, 0.2) is 0 Å². The van der Waals surface area contributed by atoms with Crippen molar-refractivity contribution in [2.75, 3.05) is 0 Å². The molecule has 112 valence electrons. The number of nitrogens with zero attached hydrogens (tertiary/aromatic N) is 1. The highest BCUT2D eigenvalue weighted by molar-refractivity contribution is 5.98. The van der Waals surface area contributed by atoms with Gasteiger partial charge in [0.2, 0.25) is 0 Å². The maximum absolute atomic E-state index is 12.3. The average molecular weight is 306 g/mol. The van der Waals surface area contributed by atoms with E-state index in [2.05, 4.69) is 10.3 Å². The number of hydrogen-bond acceptors (Lipinski definition) is 3. The SMILES string of the molecule is Cl.N[C@@H]1CCCC[C@H]1NC(=O)c1ccc2ncccc2c1. The van der Waals surface area contributed by atoms with Gasteiger partial charge in [0.25, 0.3) is 5.91 Å². The van der Waals surface area contributed by atoms with Gasteiger partial charge in [-0.1, -0.05) is 18.9 Å². The van der Waals surface area contributed by atoms with Crippen molar-refractivity contribution in [3.63, 3.8) is 0 Å². The molecule has 1 aliphatic rings. The number of carbonyl (C=O) groups excluding carboxylic acids is 1. The summed E-state index contributed by atoms with van der Waals surface area (Å²) in [6, 6.07) is 9.60. The molecule has 0 saturated heterocycles. The van der Waals surface area contributed by atoms with Crippen molar-refractivity contribution in [1.82, 2.24) is 10.3 Å². The van der Waals surface area contributed by atoms with Crippen LogP contribution in [-0.4, -0.2) is 23.0 Å². The molecule has 1 aromatic heterocycles. The molecule has 0 unspecified atom stereocenters. The van der Waals surface area contributed by atoms with Gasteiger partial charge in [0, 0.05) is 29.2 Å². The minimum Gasteiger partial charge on any atom is -0.348 e. The third kappa shape index (κ3) is 3.52. The second-order valence-corrected chi connectivity index (χ2v) is 5.44. The first-order valence-corrected chi connectivity index (χ1v) is 7.15. The van der Waals surface area contributed by atoms with Crippen LogP contribution in [0.2, 0.25) is 0 Å². The number of hydrogen-bond donors (Lipinski definition) is 2. The quantitative estimate of drug-likeness (QED) is 0.896. The number of nitrogens with one attached hydrogen (secondary N) is 1. The summed E-state index contributed by atoms with van der Waals surface area (Å²) in [6.45, 7) is 0. The Labute approximate surface area is 130 Å². The number of rotatable bonds is 2. The van der Waals surface area contributed by atoms with E-state index < -0.39 is 0 Å². The van der Waals surface area contributed by atoms with E-state index in [1.165, 1.54) is 0 Å². The molecular formula is C16H20ClN3O. The topological polar surface area (TPSA) is 68.0 Å². The van der Waals surface area contributed by atoms with Crippen LogP contribution >= 0.6 is 12.4 Å². The molecule has 4 nitrogen and oxygen atoms in total. The summed E-state index contributed by atoms with van der Waals surface area (Å²) in [4.78, 5) is 16.6. The van der Waals surface area contributed by atoms with Crippen LogP contribution < -0.4 is 11.1 Å². The molecule has 3 N–H and O–H groups in total. The van der Waals surface area contributed by atoms with Crippen LogP contribution in [0.4, 0.5) is 0 Å². The standard InChI is InChI=1S/C16H19N3O.ClH/c17-13-5-1-2-6-15(13)19-16(20)12-7-8-14-11(10-12)4-3-9-18-14;/h3-4,7-10,13,15H,1-2,5-6,17H2,(H,19,20);1H/t13-,15-;/m1./s1. The number of halogens is 1. The van der Waals surface area contributed by atoms with E-state index in [-0.39, 0.29) is 30.4 Å². The lowest BCUT2D eigenvalue weighted by atomic mass is 9.91. The summed E-state index contributed by atoms with van der Waals surface area (Å²) < 4.78 is 0. The van der Waals surface area contributed by atoms with Gasteiger partial charge in [-0.05, 0) is 37.1 Å². The second kappa shape index (κ2) is 6.87. The zero-order chi connectivity index (χ0) is 13.9. The van der Waals surface area contributed by atoms with E-state index in [0.717, 1.165) is 36.6 Å². The van der Waals surface area contributed by atoms with E-state index in [4.69, 9.17) is 5.73 Å². The summed E-state index contributed by atoms with van der Waals surface area (Å²) in [5.74, 6) is -0.0434. The molecule has 1 fully saturated rings. The lowest BCUT2D eigenvalue weighted by molar-refractivity contribution is 0.0921. The third-order valence-corrected chi connectivity index (χ3v) is 4.00. The summed E-state index contributed by atoms with van der Waals surface area (Å²) in [7, 11) is 0. The number of carbonyl (C=O) groups is 1. The van der Waals surface area contributed by atoms with Crippen molar-refractivity contribution in [3.05, 3.63) is 42.1 Å². The van der Waals surface area contributed by atoms with Gasteiger partial charge in [-0.2, -0.15) is 0 Å². The normalized spacial score (nSPS) is 21.6.